The number of hydrogen-bond donors (Lipinski definition) is 2. The molecule has 0 aliphatic rings. The molecule has 4 heteroatoms. The number of amides is 1. The highest BCUT2D eigenvalue weighted by atomic mass is 16.5. The van der Waals surface area contributed by atoms with Crippen LogP contribution in [0.15, 0.2) is 0 Å². The van der Waals surface area contributed by atoms with Crippen molar-refractivity contribution in [2.45, 2.75) is 38.6 Å². The molecule has 0 rings (SSSR count). The Labute approximate surface area is 86.2 Å². The van der Waals surface area contributed by atoms with E-state index in [-0.39, 0.29) is 11.9 Å². The number of ether oxygens (including phenoxy) is 1. The van der Waals surface area contributed by atoms with E-state index in [1.807, 2.05) is 6.92 Å². The molecule has 0 aromatic carbocycles. The summed E-state index contributed by atoms with van der Waals surface area (Å²) in [7, 11) is 1.64. The first-order valence-electron chi connectivity index (χ1n) is 5.22. The molecule has 0 spiro atoms. The molecular formula is C10H22N2O2. The topological polar surface area (TPSA) is 64.3 Å². The molecular weight excluding hydrogens is 180 g/mol. The van der Waals surface area contributed by atoms with Crippen LogP contribution in [0.25, 0.3) is 0 Å². The zero-order valence-corrected chi connectivity index (χ0v) is 9.21. The summed E-state index contributed by atoms with van der Waals surface area (Å²) in [5.41, 5.74) is 5.71. The molecule has 1 unspecified atom stereocenters. The van der Waals surface area contributed by atoms with Crippen LogP contribution in [0.4, 0.5) is 0 Å². The molecule has 0 saturated heterocycles. The molecule has 0 saturated carbocycles. The summed E-state index contributed by atoms with van der Waals surface area (Å²) >= 11 is 0. The van der Waals surface area contributed by atoms with E-state index in [2.05, 4.69) is 5.32 Å². The van der Waals surface area contributed by atoms with Crippen LogP contribution in [0, 0.1) is 0 Å². The predicted octanol–water partition coefficient (Wildman–Crippen LogP) is 0.657. The molecule has 0 aromatic rings. The van der Waals surface area contributed by atoms with Crippen LogP contribution < -0.4 is 11.1 Å². The van der Waals surface area contributed by atoms with E-state index in [0.29, 0.717) is 19.6 Å². The maximum absolute atomic E-state index is 11.2. The number of nitrogens with one attached hydrogen (secondary N) is 1. The zero-order valence-electron chi connectivity index (χ0n) is 9.21. The molecule has 1 atom stereocenters. The normalized spacial score (nSPS) is 12.5. The van der Waals surface area contributed by atoms with Gasteiger partial charge in [0, 0.05) is 32.7 Å². The van der Waals surface area contributed by atoms with E-state index < -0.39 is 0 Å². The zero-order chi connectivity index (χ0) is 10.8. The van der Waals surface area contributed by atoms with E-state index in [1.165, 1.54) is 0 Å². The lowest BCUT2D eigenvalue weighted by atomic mass is 10.2. The van der Waals surface area contributed by atoms with Crippen molar-refractivity contribution in [2.24, 2.45) is 5.73 Å². The van der Waals surface area contributed by atoms with Crippen molar-refractivity contribution < 1.29 is 9.53 Å². The summed E-state index contributed by atoms with van der Waals surface area (Å²) in [6.45, 7) is 3.37. The highest BCUT2D eigenvalue weighted by molar-refractivity contribution is 5.75. The van der Waals surface area contributed by atoms with Crippen molar-refractivity contribution in [1.29, 1.82) is 0 Å². The van der Waals surface area contributed by atoms with Gasteiger partial charge >= 0.3 is 0 Å². The average Bonchev–Trinajstić information content (AvgIpc) is 2.18. The van der Waals surface area contributed by atoms with Gasteiger partial charge in [0.15, 0.2) is 0 Å². The monoisotopic (exact) mass is 202 g/mol. The van der Waals surface area contributed by atoms with Crippen LogP contribution in [-0.4, -0.2) is 32.2 Å². The Morgan fingerprint density at radius 2 is 2.29 bits per heavy atom. The highest BCUT2D eigenvalue weighted by Crippen LogP contribution is 1.93. The smallest absolute Gasteiger partial charge is 0.220 e. The first-order chi connectivity index (χ1) is 6.70. The van der Waals surface area contributed by atoms with E-state index in [0.717, 1.165) is 19.3 Å². The van der Waals surface area contributed by atoms with Crippen molar-refractivity contribution in [3.8, 4) is 0 Å². The standard InChI is InChI=1S/C10H22N2O2/c1-3-9(11)6-7-12-10(13)5-4-8-14-2/h9H,3-8,11H2,1-2H3,(H,12,13). The fourth-order valence-electron chi connectivity index (χ4n) is 1.07. The van der Waals surface area contributed by atoms with Gasteiger partial charge in [0.1, 0.15) is 0 Å². The molecule has 0 radical (unpaired) electrons. The Balaban J connectivity index is 3.26. The molecule has 3 N–H and O–H groups in total. The first-order valence-corrected chi connectivity index (χ1v) is 5.22. The van der Waals surface area contributed by atoms with Gasteiger partial charge in [-0.1, -0.05) is 6.92 Å². The maximum Gasteiger partial charge on any atom is 0.220 e. The Hall–Kier alpha value is -0.610. The second-order valence-corrected chi connectivity index (χ2v) is 3.40. The van der Waals surface area contributed by atoms with Crippen LogP contribution in [0.2, 0.25) is 0 Å². The van der Waals surface area contributed by atoms with E-state index >= 15 is 0 Å². The number of methoxy groups -OCH3 is 1. The van der Waals surface area contributed by atoms with E-state index in [1.54, 1.807) is 7.11 Å². The third-order valence-corrected chi connectivity index (χ3v) is 2.11. The van der Waals surface area contributed by atoms with Gasteiger partial charge < -0.3 is 15.8 Å². The average molecular weight is 202 g/mol. The molecule has 0 heterocycles. The Kier molecular flexibility index (Phi) is 8.57. The quantitative estimate of drug-likeness (QED) is 0.568. The van der Waals surface area contributed by atoms with Crippen LogP contribution >= 0.6 is 0 Å². The number of hydrogen-bond acceptors (Lipinski definition) is 3. The van der Waals surface area contributed by atoms with Gasteiger partial charge in [-0.3, -0.25) is 4.79 Å². The number of carbonyl (C=O) groups is 1. The molecule has 0 fully saturated rings. The van der Waals surface area contributed by atoms with Gasteiger partial charge in [-0.25, -0.2) is 0 Å². The Morgan fingerprint density at radius 3 is 2.86 bits per heavy atom. The Bertz CT molecular complexity index is 151. The number of carbonyl (C=O) groups excluding carboxylic acids is 1. The maximum atomic E-state index is 11.2. The van der Waals surface area contributed by atoms with Gasteiger partial charge in [0.05, 0.1) is 0 Å². The molecule has 84 valence electrons. The van der Waals surface area contributed by atoms with Gasteiger partial charge in [-0.05, 0) is 19.3 Å². The van der Waals surface area contributed by atoms with Crippen LogP contribution in [0.1, 0.15) is 32.6 Å². The largest absolute Gasteiger partial charge is 0.385 e. The third-order valence-electron chi connectivity index (χ3n) is 2.11. The van der Waals surface area contributed by atoms with E-state index in [4.69, 9.17) is 10.5 Å². The molecule has 0 aliphatic carbocycles. The van der Waals surface area contributed by atoms with Crippen molar-refractivity contribution in [3.63, 3.8) is 0 Å². The summed E-state index contributed by atoms with van der Waals surface area (Å²) in [5.74, 6) is 0.0883. The number of rotatable bonds is 8. The van der Waals surface area contributed by atoms with Crippen molar-refractivity contribution in [2.75, 3.05) is 20.3 Å². The van der Waals surface area contributed by atoms with Crippen LogP contribution in [0.5, 0.6) is 0 Å². The van der Waals surface area contributed by atoms with Gasteiger partial charge in [0.25, 0.3) is 0 Å². The summed E-state index contributed by atoms with van der Waals surface area (Å²) in [6, 6.07) is 0.203. The lowest BCUT2D eigenvalue weighted by Crippen LogP contribution is -2.30. The molecule has 4 nitrogen and oxygen atoms in total. The summed E-state index contributed by atoms with van der Waals surface area (Å²) in [6.07, 6.45) is 3.13. The second-order valence-electron chi connectivity index (χ2n) is 3.40. The number of nitrogens with two attached hydrogens (primary N) is 1. The minimum Gasteiger partial charge on any atom is -0.385 e. The SMILES string of the molecule is CCC(N)CCNC(=O)CCCOC. The van der Waals surface area contributed by atoms with Crippen LogP contribution in [-0.2, 0) is 9.53 Å². The van der Waals surface area contributed by atoms with Crippen molar-refractivity contribution in [1.82, 2.24) is 5.32 Å². The van der Waals surface area contributed by atoms with Crippen LogP contribution in [0.3, 0.4) is 0 Å². The summed E-state index contributed by atoms with van der Waals surface area (Å²) in [4.78, 5) is 11.2. The lowest BCUT2D eigenvalue weighted by Gasteiger charge is -2.09. The van der Waals surface area contributed by atoms with Gasteiger partial charge in [-0.2, -0.15) is 0 Å². The third kappa shape index (κ3) is 8.01. The first kappa shape index (κ1) is 13.4. The minimum atomic E-state index is 0.0883. The fourth-order valence-corrected chi connectivity index (χ4v) is 1.07. The molecule has 0 aromatic heterocycles. The lowest BCUT2D eigenvalue weighted by molar-refractivity contribution is -0.121. The van der Waals surface area contributed by atoms with E-state index in [9.17, 15) is 4.79 Å². The highest BCUT2D eigenvalue weighted by Gasteiger charge is 2.02. The predicted molar refractivity (Wildman–Crippen MR) is 57.0 cm³/mol. The molecule has 14 heavy (non-hydrogen) atoms. The molecule has 1 amide bonds. The van der Waals surface area contributed by atoms with Gasteiger partial charge in [0.2, 0.25) is 5.91 Å². The molecule has 0 bridgehead atoms. The van der Waals surface area contributed by atoms with Gasteiger partial charge in [-0.15, -0.1) is 0 Å². The molecule has 0 aliphatic heterocycles. The van der Waals surface area contributed by atoms with Crippen molar-refractivity contribution >= 4 is 5.91 Å². The minimum absolute atomic E-state index is 0.0883. The van der Waals surface area contributed by atoms with Crippen molar-refractivity contribution in [3.05, 3.63) is 0 Å². The summed E-state index contributed by atoms with van der Waals surface area (Å²) in [5, 5.41) is 2.83. The Morgan fingerprint density at radius 1 is 1.57 bits per heavy atom. The second kappa shape index (κ2) is 8.97. The summed E-state index contributed by atoms with van der Waals surface area (Å²) < 4.78 is 4.85. The fraction of sp³-hybridized carbons (Fsp3) is 0.900.